The van der Waals surface area contributed by atoms with Crippen molar-refractivity contribution < 1.29 is 4.39 Å². The Morgan fingerprint density at radius 1 is 1.38 bits per heavy atom. The smallest absolute Gasteiger partial charge is 0.128 e. The van der Waals surface area contributed by atoms with Crippen molar-refractivity contribution in [3.63, 3.8) is 0 Å². The van der Waals surface area contributed by atoms with Crippen LogP contribution in [-0.2, 0) is 0 Å². The van der Waals surface area contributed by atoms with Crippen LogP contribution in [0.4, 0.5) is 4.39 Å². The summed E-state index contributed by atoms with van der Waals surface area (Å²) in [5.74, 6) is 1.01. The third kappa shape index (κ3) is 2.03. The maximum absolute atomic E-state index is 13.3. The Kier molecular flexibility index (Phi) is 2.86. The molecule has 0 bridgehead atoms. The van der Waals surface area contributed by atoms with Gasteiger partial charge in [-0.2, -0.15) is 0 Å². The summed E-state index contributed by atoms with van der Waals surface area (Å²) in [6.07, 6.45) is 1.18. The van der Waals surface area contributed by atoms with Gasteiger partial charge in [-0.25, -0.2) is 4.39 Å². The molecule has 1 unspecified atom stereocenters. The van der Waals surface area contributed by atoms with Gasteiger partial charge >= 0.3 is 0 Å². The molecule has 1 saturated heterocycles. The van der Waals surface area contributed by atoms with Crippen molar-refractivity contribution in [1.29, 1.82) is 0 Å². The van der Waals surface area contributed by atoms with Gasteiger partial charge in [-0.15, -0.1) is 11.8 Å². The minimum Gasteiger partial charge on any atom is -0.302 e. The third-order valence-electron chi connectivity index (χ3n) is 2.12. The van der Waals surface area contributed by atoms with Crippen molar-refractivity contribution in [2.24, 2.45) is 0 Å². The van der Waals surface area contributed by atoms with Gasteiger partial charge in [-0.1, -0.05) is 18.2 Å². The first-order chi connectivity index (χ1) is 6.38. The highest BCUT2D eigenvalue weighted by molar-refractivity contribution is 7.99. The summed E-state index contributed by atoms with van der Waals surface area (Å²) >= 11 is 1.78. The Morgan fingerprint density at radius 3 is 2.92 bits per heavy atom. The standard InChI is InChI=1S/C10H12FNS/c11-9-5-2-1-4-8(9)10-12-6-3-7-13-10/h1-2,4-5,10,12H,3,6-7H2. The average molecular weight is 197 g/mol. The van der Waals surface area contributed by atoms with E-state index in [0.29, 0.717) is 0 Å². The van der Waals surface area contributed by atoms with Gasteiger partial charge < -0.3 is 5.32 Å². The van der Waals surface area contributed by atoms with Gasteiger partial charge in [0.15, 0.2) is 0 Å². The van der Waals surface area contributed by atoms with Gasteiger partial charge in [0.05, 0.1) is 5.37 Å². The normalized spacial score (nSPS) is 23.0. The minimum atomic E-state index is -0.102. The molecule has 1 atom stereocenters. The topological polar surface area (TPSA) is 12.0 Å². The molecule has 1 aliphatic rings. The number of hydrogen-bond donors (Lipinski definition) is 1. The Labute approximate surface area is 81.7 Å². The molecule has 13 heavy (non-hydrogen) atoms. The van der Waals surface area contributed by atoms with Crippen LogP contribution in [0.25, 0.3) is 0 Å². The lowest BCUT2D eigenvalue weighted by molar-refractivity contribution is 0.574. The zero-order valence-corrected chi connectivity index (χ0v) is 8.11. The molecule has 0 aromatic heterocycles. The zero-order chi connectivity index (χ0) is 9.10. The van der Waals surface area contributed by atoms with E-state index in [-0.39, 0.29) is 11.2 Å². The van der Waals surface area contributed by atoms with E-state index in [1.165, 1.54) is 12.5 Å². The zero-order valence-electron chi connectivity index (χ0n) is 7.29. The summed E-state index contributed by atoms with van der Waals surface area (Å²) in [6, 6.07) is 6.99. The fourth-order valence-electron chi connectivity index (χ4n) is 1.45. The predicted octanol–water partition coefficient (Wildman–Crippen LogP) is 2.55. The number of thioether (sulfide) groups is 1. The van der Waals surface area contributed by atoms with Crippen LogP contribution in [0.3, 0.4) is 0 Å². The number of benzene rings is 1. The second-order valence-electron chi connectivity index (χ2n) is 3.08. The molecule has 1 heterocycles. The minimum absolute atomic E-state index is 0.102. The highest BCUT2D eigenvalue weighted by Crippen LogP contribution is 2.30. The fourth-order valence-corrected chi connectivity index (χ4v) is 2.61. The Bertz CT molecular complexity index is 284. The highest BCUT2D eigenvalue weighted by Gasteiger charge is 2.17. The first kappa shape index (κ1) is 9.03. The highest BCUT2D eigenvalue weighted by atomic mass is 32.2. The van der Waals surface area contributed by atoms with Crippen LogP contribution in [0.5, 0.6) is 0 Å². The van der Waals surface area contributed by atoms with Gasteiger partial charge in [0.1, 0.15) is 5.82 Å². The van der Waals surface area contributed by atoms with Gasteiger partial charge in [0.2, 0.25) is 0 Å². The number of halogens is 1. The monoisotopic (exact) mass is 197 g/mol. The molecule has 0 amide bonds. The molecular weight excluding hydrogens is 185 g/mol. The maximum atomic E-state index is 13.3. The lowest BCUT2D eigenvalue weighted by atomic mass is 10.2. The molecule has 0 aliphatic carbocycles. The quantitative estimate of drug-likeness (QED) is 0.742. The number of rotatable bonds is 1. The van der Waals surface area contributed by atoms with Gasteiger partial charge in [0.25, 0.3) is 0 Å². The van der Waals surface area contributed by atoms with Crippen molar-refractivity contribution in [3.8, 4) is 0 Å². The number of nitrogens with one attached hydrogen (secondary N) is 1. The van der Waals surface area contributed by atoms with E-state index in [9.17, 15) is 4.39 Å². The van der Waals surface area contributed by atoms with E-state index in [4.69, 9.17) is 0 Å². The summed E-state index contributed by atoms with van der Waals surface area (Å²) in [5.41, 5.74) is 0.784. The van der Waals surface area contributed by atoms with Crippen LogP contribution in [0.15, 0.2) is 24.3 Å². The van der Waals surface area contributed by atoms with Crippen LogP contribution in [0.1, 0.15) is 17.4 Å². The van der Waals surface area contributed by atoms with Crippen molar-refractivity contribution in [1.82, 2.24) is 5.32 Å². The Morgan fingerprint density at radius 2 is 2.23 bits per heavy atom. The molecule has 1 aliphatic heterocycles. The van der Waals surface area contributed by atoms with Crippen molar-refractivity contribution >= 4 is 11.8 Å². The number of hydrogen-bond acceptors (Lipinski definition) is 2. The third-order valence-corrected chi connectivity index (χ3v) is 3.40. The van der Waals surface area contributed by atoms with E-state index in [0.717, 1.165) is 17.9 Å². The van der Waals surface area contributed by atoms with Crippen molar-refractivity contribution in [2.75, 3.05) is 12.3 Å². The lowest BCUT2D eigenvalue weighted by Crippen LogP contribution is -2.25. The van der Waals surface area contributed by atoms with E-state index in [2.05, 4.69) is 5.32 Å². The largest absolute Gasteiger partial charge is 0.302 e. The molecule has 2 rings (SSSR count). The lowest BCUT2D eigenvalue weighted by Gasteiger charge is -2.23. The first-order valence-electron chi connectivity index (χ1n) is 4.47. The molecule has 1 N–H and O–H groups in total. The molecule has 1 aromatic rings. The Hall–Kier alpha value is -0.540. The van der Waals surface area contributed by atoms with Crippen LogP contribution in [0.2, 0.25) is 0 Å². The molecule has 70 valence electrons. The van der Waals surface area contributed by atoms with Crippen LogP contribution in [-0.4, -0.2) is 12.3 Å². The van der Waals surface area contributed by atoms with Crippen molar-refractivity contribution in [3.05, 3.63) is 35.6 Å². The van der Waals surface area contributed by atoms with Gasteiger partial charge in [-0.3, -0.25) is 0 Å². The van der Waals surface area contributed by atoms with Crippen LogP contribution >= 0.6 is 11.8 Å². The molecule has 0 radical (unpaired) electrons. The first-order valence-corrected chi connectivity index (χ1v) is 5.52. The fraction of sp³-hybridized carbons (Fsp3) is 0.400. The van der Waals surface area contributed by atoms with Crippen LogP contribution < -0.4 is 5.32 Å². The Balaban J connectivity index is 2.18. The molecule has 0 spiro atoms. The van der Waals surface area contributed by atoms with Gasteiger partial charge in [0, 0.05) is 5.56 Å². The van der Waals surface area contributed by atoms with E-state index in [1.54, 1.807) is 17.8 Å². The summed E-state index contributed by atoms with van der Waals surface area (Å²) in [7, 11) is 0. The SMILES string of the molecule is Fc1ccccc1C1NCCCS1. The molecule has 3 heteroatoms. The van der Waals surface area contributed by atoms with Gasteiger partial charge in [-0.05, 0) is 24.8 Å². The van der Waals surface area contributed by atoms with Crippen LogP contribution in [0, 0.1) is 5.82 Å². The van der Waals surface area contributed by atoms with E-state index in [1.807, 2.05) is 12.1 Å². The second-order valence-corrected chi connectivity index (χ2v) is 4.29. The molecule has 0 saturated carbocycles. The molecule has 1 nitrogen and oxygen atoms in total. The average Bonchev–Trinajstić information content (AvgIpc) is 2.20. The van der Waals surface area contributed by atoms with E-state index >= 15 is 0 Å². The summed E-state index contributed by atoms with van der Waals surface area (Å²) in [5, 5.41) is 3.45. The second kappa shape index (κ2) is 4.11. The summed E-state index contributed by atoms with van der Waals surface area (Å²) < 4.78 is 13.3. The predicted molar refractivity (Wildman–Crippen MR) is 54.2 cm³/mol. The van der Waals surface area contributed by atoms with E-state index < -0.39 is 0 Å². The summed E-state index contributed by atoms with van der Waals surface area (Å²) in [6.45, 7) is 0.992. The molecule has 1 fully saturated rings. The maximum Gasteiger partial charge on any atom is 0.128 e. The molecular formula is C10H12FNS. The summed E-state index contributed by atoms with van der Waals surface area (Å²) in [4.78, 5) is 0. The van der Waals surface area contributed by atoms with Crippen molar-refractivity contribution in [2.45, 2.75) is 11.8 Å². The molecule has 1 aromatic carbocycles.